The minimum absolute atomic E-state index is 0.388. The third-order valence-electron chi connectivity index (χ3n) is 3.76. The smallest absolute Gasteiger partial charge is 0.102 e. The molecule has 0 unspecified atom stereocenters. The normalized spacial score (nSPS) is 19.3. The van der Waals surface area contributed by atoms with E-state index in [1.807, 2.05) is 18.2 Å². The van der Waals surface area contributed by atoms with Gasteiger partial charge >= 0.3 is 0 Å². The summed E-state index contributed by atoms with van der Waals surface area (Å²) in [5.74, 6) is 0. The summed E-state index contributed by atoms with van der Waals surface area (Å²) in [4.78, 5) is 6.77. The van der Waals surface area contributed by atoms with E-state index in [1.165, 1.54) is 0 Å². The van der Waals surface area contributed by atoms with Gasteiger partial charge in [-0.2, -0.15) is 5.26 Å². The highest BCUT2D eigenvalue weighted by molar-refractivity contribution is 5.27. The van der Waals surface area contributed by atoms with Crippen LogP contribution >= 0.6 is 0 Å². The lowest BCUT2D eigenvalue weighted by Crippen LogP contribution is -2.42. The predicted octanol–water partition coefficient (Wildman–Crippen LogP) is 1.29. The van der Waals surface area contributed by atoms with Crippen LogP contribution in [0, 0.1) is 11.3 Å². The monoisotopic (exact) mass is 244 g/mol. The van der Waals surface area contributed by atoms with E-state index in [9.17, 15) is 5.26 Å². The van der Waals surface area contributed by atoms with Gasteiger partial charge in [0.15, 0.2) is 0 Å². The molecule has 1 aromatic heterocycles. The van der Waals surface area contributed by atoms with Crippen LogP contribution in [0.4, 0.5) is 0 Å². The fraction of sp³-hybridized carbons (Fsp3) is 0.571. The summed E-state index contributed by atoms with van der Waals surface area (Å²) >= 11 is 0. The first-order valence-electron chi connectivity index (χ1n) is 6.56. The van der Waals surface area contributed by atoms with Crippen LogP contribution in [-0.2, 0) is 5.41 Å². The minimum Gasteiger partial charge on any atom is -0.330 e. The highest BCUT2D eigenvalue weighted by Crippen LogP contribution is 2.33. The van der Waals surface area contributed by atoms with Gasteiger partial charge in [-0.05, 0) is 44.5 Å². The van der Waals surface area contributed by atoms with Crippen molar-refractivity contribution in [2.24, 2.45) is 5.73 Å². The molecule has 0 saturated carbocycles. The molecule has 0 radical (unpaired) electrons. The zero-order chi connectivity index (χ0) is 12.8. The van der Waals surface area contributed by atoms with Crippen molar-refractivity contribution in [2.45, 2.75) is 24.7 Å². The first-order chi connectivity index (χ1) is 8.80. The number of rotatable bonds is 4. The molecule has 1 fully saturated rings. The topological polar surface area (TPSA) is 65.9 Å². The Morgan fingerprint density at radius 3 is 2.72 bits per heavy atom. The molecule has 0 spiro atoms. The Bertz CT molecular complexity index is 402. The van der Waals surface area contributed by atoms with Gasteiger partial charge in [-0.3, -0.25) is 4.98 Å². The van der Waals surface area contributed by atoms with Gasteiger partial charge in [-0.1, -0.05) is 6.07 Å². The number of pyridine rings is 1. The van der Waals surface area contributed by atoms with E-state index in [-0.39, 0.29) is 5.41 Å². The van der Waals surface area contributed by atoms with Gasteiger partial charge in [-0.15, -0.1) is 0 Å². The Balaban J connectivity index is 2.03. The molecule has 2 heterocycles. The molecule has 18 heavy (non-hydrogen) atoms. The van der Waals surface area contributed by atoms with Crippen LogP contribution in [0.3, 0.4) is 0 Å². The molecule has 2 N–H and O–H groups in total. The lowest BCUT2D eigenvalue weighted by molar-refractivity contribution is 0.183. The van der Waals surface area contributed by atoms with Gasteiger partial charge in [0.1, 0.15) is 5.41 Å². The Morgan fingerprint density at radius 2 is 2.17 bits per heavy atom. The molecule has 1 aliphatic heterocycles. The number of nitriles is 1. The van der Waals surface area contributed by atoms with Crippen molar-refractivity contribution in [3.05, 3.63) is 30.1 Å². The summed E-state index contributed by atoms with van der Waals surface area (Å²) in [5, 5.41) is 9.53. The average molecular weight is 244 g/mol. The van der Waals surface area contributed by atoms with Gasteiger partial charge < -0.3 is 10.6 Å². The second kappa shape index (κ2) is 5.94. The van der Waals surface area contributed by atoms with Gasteiger partial charge in [0.2, 0.25) is 0 Å². The zero-order valence-corrected chi connectivity index (χ0v) is 10.7. The Hall–Kier alpha value is -1.44. The van der Waals surface area contributed by atoms with Gasteiger partial charge in [0.05, 0.1) is 11.8 Å². The third kappa shape index (κ3) is 2.69. The molecule has 4 nitrogen and oxygen atoms in total. The number of aromatic nitrogens is 1. The number of nitrogens with zero attached hydrogens (tertiary/aromatic N) is 3. The van der Waals surface area contributed by atoms with Gasteiger partial charge in [0.25, 0.3) is 0 Å². The van der Waals surface area contributed by atoms with Gasteiger partial charge in [0, 0.05) is 19.3 Å². The predicted molar refractivity (Wildman–Crippen MR) is 70.9 cm³/mol. The van der Waals surface area contributed by atoms with E-state index in [4.69, 9.17) is 5.73 Å². The molecule has 1 aliphatic rings. The number of likely N-dealkylation sites (tertiary alicyclic amines) is 1. The van der Waals surface area contributed by atoms with E-state index < -0.39 is 0 Å². The van der Waals surface area contributed by atoms with Crippen molar-refractivity contribution in [3.63, 3.8) is 0 Å². The van der Waals surface area contributed by atoms with Crippen LogP contribution in [0.1, 0.15) is 25.0 Å². The third-order valence-corrected chi connectivity index (χ3v) is 3.76. The SMILES string of the molecule is N#CC1(c2ccccn2)CCN(CCCN)CC1. The maximum absolute atomic E-state index is 9.53. The maximum atomic E-state index is 9.53. The molecule has 4 heteroatoms. The number of hydrogen-bond acceptors (Lipinski definition) is 4. The van der Waals surface area contributed by atoms with Crippen LogP contribution in [0.5, 0.6) is 0 Å². The first kappa shape index (κ1) is 13.0. The maximum Gasteiger partial charge on any atom is 0.102 e. The molecule has 0 bridgehead atoms. The van der Waals surface area contributed by atoms with E-state index >= 15 is 0 Å². The zero-order valence-electron chi connectivity index (χ0n) is 10.7. The number of nitrogens with two attached hydrogens (primary N) is 1. The highest BCUT2D eigenvalue weighted by Gasteiger charge is 2.37. The van der Waals surface area contributed by atoms with Gasteiger partial charge in [-0.25, -0.2) is 0 Å². The summed E-state index contributed by atoms with van der Waals surface area (Å²) in [5.41, 5.74) is 6.06. The van der Waals surface area contributed by atoms with Crippen molar-refractivity contribution in [1.29, 1.82) is 5.26 Å². The van der Waals surface area contributed by atoms with Crippen LogP contribution in [0.2, 0.25) is 0 Å². The Morgan fingerprint density at radius 1 is 1.39 bits per heavy atom. The summed E-state index contributed by atoms with van der Waals surface area (Å²) in [6.45, 7) is 3.70. The quantitative estimate of drug-likeness (QED) is 0.866. The van der Waals surface area contributed by atoms with Crippen molar-refractivity contribution < 1.29 is 0 Å². The van der Waals surface area contributed by atoms with E-state index in [2.05, 4.69) is 16.0 Å². The van der Waals surface area contributed by atoms with E-state index in [1.54, 1.807) is 6.20 Å². The fourth-order valence-corrected chi connectivity index (χ4v) is 2.54. The first-order valence-corrected chi connectivity index (χ1v) is 6.56. The van der Waals surface area contributed by atoms with Crippen molar-refractivity contribution in [3.8, 4) is 6.07 Å². The van der Waals surface area contributed by atoms with E-state index in [0.717, 1.165) is 51.1 Å². The van der Waals surface area contributed by atoms with Crippen molar-refractivity contribution in [1.82, 2.24) is 9.88 Å². The molecule has 2 rings (SSSR count). The van der Waals surface area contributed by atoms with Crippen LogP contribution in [0.25, 0.3) is 0 Å². The molecular formula is C14H20N4. The molecule has 0 atom stereocenters. The van der Waals surface area contributed by atoms with Crippen LogP contribution < -0.4 is 5.73 Å². The molecule has 0 aliphatic carbocycles. The molecular weight excluding hydrogens is 224 g/mol. The molecule has 96 valence electrons. The highest BCUT2D eigenvalue weighted by atomic mass is 15.1. The summed E-state index contributed by atoms with van der Waals surface area (Å²) < 4.78 is 0. The molecule has 1 saturated heterocycles. The van der Waals surface area contributed by atoms with E-state index in [0.29, 0.717) is 0 Å². The summed E-state index contributed by atoms with van der Waals surface area (Å²) in [6.07, 6.45) is 4.54. The fourth-order valence-electron chi connectivity index (χ4n) is 2.54. The second-order valence-electron chi connectivity index (χ2n) is 4.89. The van der Waals surface area contributed by atoms with Crippen LogP contribution in [-0.4, -0.2) is 36.1 Å². The standard InChI is InChI=1S/C14H20N4/c15-7-3-9-18-10-5-14(12-16,6-11-18)13-4-1-2-8-17-13/h1-2,4,8H,3,5-7,9-11,15H2. The van der Waals surface area contributed by atoms with Crippen LogP contribution in [0.15, 0.2) is 24.4 Å². The summed E-state index contributed by atoms with van der Waals surface area (Å²) in [6, 6.07) is 8.32. The number of hydrogen-bond donors (Lipinski definition) is 1. The lowest BCUT2D eigenvalue weighted by Gasteiger charge is -2.36. The number of piperidine rings is 1. The molecule has 0 amide bonds. The second-order valence-corrected chi connectivity index (χ2v) is 4.89. The Kier molecular flexibility index (Phi) is 4.29. The lowest BCUT2D eigenvalue weighted by atomic mass is 9.76. The molecule has 0 aromatic carbocycles. The Labute approximate surface area is 108 Å². The average Bonchev–Trinajstić information content (AvgIpc) is 2.46. The molecule has 1 aromatic rings. The minimum atomic E-state index is -0.388. The van der Waals surface area contributed by atoms with Crippen molar-refractivity contribution >= 4 is 0 Å². The largest absolute Gasteiger partial charge is 0.330 e. The summed E-state index contributed by atoms with van der Waals surface area (Å²) in [7, 11) is 0. The van der Waals surface area contributed by atoms with Crippen molar-refractivity contribution in [2.75, 3.05) is 26.2 Å².